The van der Waals surface area contributed by atoms with Gasteiger partial charge in [-0.15, -0.1) is 0 Å². The van der Waals surface area contributed by atoms with Gasteiger partial charge in [0.05, 0.1) is 26.1 Å². The van der Waals surface area contributed by atoms with Crippen LogP contribution in [0.15, 0.2) is 12.3 Å². The molecule has 5 aliphatic rings. The molecule has 0 aromatic carbocycles. The molecule has 2 heterocycles. The van der Waals surface area contributed by atoms with Gasteiger partial charge in [-0.1, -0.05) is 19.9 Å². The number of allylic oxidation sites excluding steroid dienone is 1. The van der Waals surface area contributed by atoms with Crippen LogP contribution in [0.25, 0.3) is 6.20 Å². The van der Waals surface area contributed by atoms with E-state index in [0.717, 1.165) is 32.1 Å². The number of halogens is 1. The van der Waals surface area contributed by atoms with Gasteiger partial charge in [-0.3, -0.25) is 14.0 Å². The fourth-order valence-electron chi connectivity index (χ4n) is 6.82. The number of alkyl halides is 1. The van der Waals surface area contributed by atoms with Crippen LogP contribution in [0.4, 0.5) is 10.2 Å². The number of nitrogens with two attached hydrogens (primary N) is 1. The van der Waals surface area contributed by atoms with Crippen LogP contribution >= 0.6 is 0 Å². The molecule has 4 bridgehead atoms. The number of anilines is 1. The van der Waals surface area contributed by atoms with Crippen molar-refractivity contribution < 1.29 is 18.7 Å². The molecule has 0 radical (unpaired) electrons. The highest BCUT2D eigenvalue weighted by Gasteiger charge is 2.58. The lowest BCUT2D eigenvalue weighted by molar-refractivity contribution is -0.145. The van der Waals surface area contributed by atoms with Crippen LogP contribution in [0.5, 0.6) is 0 Å². The number of nitrogens with zero attached hydrogens (tertiary/aromatic N) is 3. The highest BCUT2D eigenvalue weighted by Crippen LogP contribution is 2.60. The van der Waals surface area contributed by atoms with Gasteiger partial charge in [0.15, 0.2) is 0 Å². The summed E-state index contributed by atoms with van der Waals surface area (Å²) < 4.78 is 20.5. The summed E-state index contributed by atoms with van der Waals surface area (Å²) in [6.45, 7) is 5.63. The Labute approximate surface area is 200 Å². The van der Waals surface area contributed by atoms with Gasteiger partial charge in [0.1, 0.15) is 11.4 Å². The Morgan fingerprint density at radius 1 is 1.26 bits per heavy atom. The van der Waals surface area contributed by atoms with E-state index in [1.54, 1.807) is 23.2 Å². The van der Waals surface area contributed by atoms with E-state index in [1.807, 2.05) is 13.8 Å². The Morgan fingerprint density at radius 2 is 1.94 bits per heavy atom. The number of rotatable bonds is 7. The fraction of sp³-hybridized carbons (Fsp3) is 0.720. The zero-order valence-corrected chi connectivity index (χ0v) is 20.1. The number of amides is 2. The maximum atomic E-state index is 13.6. The molecule has 4 aliphatic carbocycles. The molecule has 34 heavy (non-hydrogen) atoms. The number of morpholine rings is 1. The van der Waals surface area contributed by atoms with Gasteiger partial charge in [0, 0.05) is 36.2 Å². The monoisotopic (exact) mass is 473 g/mol. The first-order chi connectivity index (χ1) is 16.2. The second-order valence-electron chi connectivity index (χ2n) is 11.5. The summed E-state index contributed by atoms with van der Waals surface area (Å²) in [4.78, 5) is 28.0. The molecule has 2 unspecified atom stereocenters. The Morgan fingerprint density at radius 3 is 2.56 bits per heavy atom. The normalized spacial score (nSPS) is 33.0. The summed E-state index contributed by atoms with van der Waals surface area (Å²) in [5.74, 6) is 1.51. The van der Waals surface area contributed by atoms with Crippen molar-refractivity contribution in [1.29, 1.82) is 0 Å². The molecule has 8 nitrogen and oxygen atoms in total. The van der Waals surface area contributed by atoms with Crippen molar-refractivity contribution >= 4 is 23.8 Å². The van der Waals surface area contributed by atoms with E-state index in [0.29, 0.717) is 43.6 Å². The van der Waals surface area contributed by atoms with Crippen LogP contribution < -0.4 is 16.0 Å². The molecule has 6 rings (SSSR count). The minimum atomic E-state index is -0.618. The van der Waals surface area contributed by atoms with Crippen molar-refractivity contribution in [2.75, 3.05) is 37.9 Å². The topological polar surface area (TPSA) is 102 Å². The fourth-order valence-corrected chi connectivity index (χ4v) is 6.82. The zero-order chi connectivity index (χ0) is 24.1. The molecular formula is C25H36FN5O3. The van der Waals surface area contributed by atoms with Crippen LogP contribution in [0.2, 0.25) is 0 Å². The van der Waals surface area contributed by atoms with E-state index in [1.165, 1.54) is 0 Å². The number of hydrogen-bond donors (Lipinski definition) is 2. The van der Waals surface area contributed by atoms with Crippen LogP contribution in [-0.4, -0.2) is 60.6 Å². The van der Waals surface area contributed by atoms with E-state index in [-0.39, 0.29) is 35.1 Å². The molecule has 4 saturated carbocycles. The van der Waals surface area contributed by atoms with Crippen LogP contribution in [0, 0.1) is 28.6 Å². The standard InChI is InChI=1S/C25H36FN5O3/c1-24(2,15-26)3-4-31-22(30-5-7-34-8-6-30)19(14-28-31)21(32)29-20-17-9-16-10-18(20)13-25(11-16,12-17)23(27)33/h3-4,14,16-18,20H,5-13,15H2,1-2H3,(H2,27,33)(H,29,32)/b4-3+. The average Bonchev–Trinajstić information content (AvgIpc) is 3.24. The van der Waals surface area contributed by atoms with Gasteiger partial charge in [0.2, 0.25) is 5.91 Å². The molecule has 186 valence electrons. The summed E-state index contributed by atoms with van der Waals surface area (Å²) in [5, 5.41) is 7.80. The van der Waals surface area contributed by atoms with Gasteiger partial charge in [-0.05, 0) is 49.9 Å². The molecule has 9 heteroatoms. The Bertz CT molecular complexity index is 967. The SMILES string of the molecule is CC(C)(/C=C/n1ncc(C(=O)NC2C3CC4CC2CC(C(N)=O)(C4)C3)c1N1CCOCC1)CF. The van der Waals surface area contributed by atoms with E-state index in [4.69, 9.17) is 10.5 Å². The summed E-state index contributed by atoms with van der Waals surface area (Å²) >= 11 is 0. The molecule has 2 amide bonds. The van der Waals surface area contributed by atoms with E-state index >= 15 is 0 Å². The predicted octanol–water partition coefficient (Wildman–Crippen LogP) is 2.60. The van der Waals surface area contributed by atoms with E-state index in [9.17, 15) is 14.0 Å². The molecule has 1 aromatic heterocycles. The third-order valence-corrected chi connectivity index (χ3v) is 8.43. The lowest BCUT2D eigenvalue weighted by atomic mass is 9.47. The Balaban J connectivity index is 1.39. The summed E-state index contributed by atoms with van der Waals surface area (Å²) in [6.07, 6.45) is 9.70. The van der Waals surface area contributed by atoms with Crippen molar-refractivity contribution in [3.63, 3.8) is 0 Å². The first-order valence-corrected chi connectivity index (χ1v) is 12.5. The second-order valence-corrected chi connectivity index (χ2v) is 11.5. The Hall–Kier alpha value is -2.42. The molecule has 1 aliphatic heterocycles. The molecule has 1 aromatic rings. The van der Waals surface area contributed by atoms with Crippen LogP contribution in [-0.2, 0) is 9.53 Å². The second kappa shape index (κ2) is 8.66. The van der Waals surface area contributed by atoms with E-state index < -0.39 is 12.1 Å². The quantitative estimate of drug-likeness (QED) is 0.634. The smallest absolute Gasteiger partial charge is 0.256 e. The number of carbonyl (C=O) groups is 2. The van der Waals surface area contributed by atoms with Gasteiger partial charge in [0.25, 0.3) is 5.91 Å². The van der Waals surface area contributed by atoms with Crippen LogP contribution in [0.3, 0.4) is 0 Å². The van der Waals surface area contributed by atoms with Gasteiger partial charge < -0.3 is 20.7 Å². The molecule has 3 N–H and O–H groups in total. The number of primary amides is 1. The minimum Gasteiger partial charge on any atom is -0.378 e. The molecule has 1 saturated heterocycles. The highest BCUT2D eigenvalue weighted by molar-refractivity contribution is 5.99. The van der Waals surface area contributed by atoms with Gasteiger partial charge >= 0.3 is 0 Å². The number of carbonyl (C=O) groups excluding carboxylic acids is 2. The van der Waals surface area contributed by atoms with E-state index in [2.05, 4.69) is 15.3 Å². The summed E-state index contributed by atoms with van der Waals surface area (Å²) in [7, 11) is 0. The maximum Gasteiger partial charge on any atom is 0.256 e. The van der Waals surface area contributed by atoms with Gasteiger partial charge in [-0.25, -0.2) is 4.68 Å². The summed E-state index contributed by atoms with van der Waals surface area (Å²) in [5.41, 5.74) is 5.34. The van der Waals surface area contributed by atoms with Crippen molar-refractivity contribution in [2.24, 2.45) is 34.3 Å². The van der Waals surface area contributed by atoms with Crippen molar-refractivity contribution in [3.8, 4) is 0 Å². The summed E-state index contributed by atoms with van der Waals surface area (Å²) in [6, 6.07) is 0.0541. The zero-order valence-electron chi connectivity index (χ0n) is 20.1. The first-order valence-electron chi connectivity index (χ1n) is 12.5. The van der Waals surface area contributed by atoms with Crippen LogP contribution in [0.1, 0.15) is 56.3 Å². The molecule has 0 spiro atoms. The highest BCUT2D eigenvalue weighted by atomic mass is 19.1. The first kappa shape index (κ1) is 23.3. The van der Waals surface area contributed by atoms with Crippen molar-refractivity contribution in [3.05, 3.63) is 17.8 Å². The number of aromatic nitrogens is 2. The largest absolute Gasteiger partial charge is 0.378 e. The Kier molecular flexibility index (Phi) is 5.94. The lowest BCUT2D eigenvalue weighted by Gasteiger charge is -2.58. The van der Waals surface area contributed by atoms with Crippen molar-refractivity contribution in [1.82, 2.24) is 15.1 Å². The minimum absolute atomic E-state index is 0.0541. The third-order valence-electron chi connectivity index (χ3n) is 8.43. The predicted molar refractivity (Wildman–Crippen MR) is 127 cm³/mol. The molecule has 5 fully saturated rings. The lowest BCUT2D eigenvalue weighted by Crippen LogP contribution is -2.62. The number of ether oxygens (including phenoxy) is 1. The molecule has 2 atom stereocenters. The average molecular weight is 474 g/mol. The number of hydrogen-bond acceptors (Lipinski definition) is 5. The maximum absolute atomic E-state index is 13.6. The third kappa shape index (κ3) is 4.12. The molecular weight excluding hydrogens is 437 g/mol. The number of nitrogens with one attached hydrogen (secondary N) is 1. The van der Waals surface area contributed by atoms with Gasteiger partial charge in [-0.2, -0.15) is 5.10 Å². The van der Waals surface area contributed by atoms with Crippen molar-refractivity contribution in [2.45, 2.75) is 52.0 Å².